The average molecular weight is 296 g/mol. The lowest BCUT2D eigenvalue weighted by Crippen LogP contribution is -2.46. The molecule has 1 amide bonds. The van der Waals surface area contributed by atoms with Gasteiger partial charge in [-0.2, -0.15) is 0 Å². The molecule has 21 heavy (non-hydrogen) atoms. The Hall–Kier alpha value is -1.66. The number of aliphatic hydroxyl groups is 1. The first kappa shape index (κ1) is 15.7. The van der Waals surface area contributed by atoms with Crippen LogP contribution >= 0.6 is 0 Å². The molecular weight excluding hydrogens is 275 g/mol. The Morgan fingerprint density at radius 1 is 1.43 bits per heavy atom. The Bertz CT molecular complexity index is 462. The predicted molar refractivity (Wildman–Crippen MR) is 76.5 cm³/mol. The lowest BCUT2D eigenvalue weighted by molar-refractivity contribution is -0.123. The molecule has 1 aromatic carbocycles. The number of carbonyl (C=O) groups excluding carboxylic acids is 1. The third-order valence-corrected chi connectivity index (χ3v) is 3.23. The molecule has 0 spiro atoms. The monoisotopic (exact) mass is 296 g/mol. The maximum atomic E-state index is 12.7. The Morgan fingerprint density at radius 3 is 2.71 bits per heavy atom. The van der Waals surface area contributed by atoms with Crippen LogP contribution < -0.4 is 15.4 Å². The predicted octanol–water partition coefficient (Wildman–Crippen LogP) is 0.822. The van der Waals surface area contributed by atoms with Gasteiger partial charge in [-0.05, 0) is 44.0 Å². The van der Waals surface area contributed by atoms with Crippen molar-refractivity contribution in [3.05, 3.63) is 30.1 Å². The van der Waals surface area contributed by atoms with Gasteiger partial charge >= 0.3 is 0 Å². The summed E-state index contributed by atoms with van der Waals surface area (Å²) in [5, 5.41) is 15.6. The van der Waals surface area contributed by atoms with Gasteiger partial charge in [-0.3, -0.25) is 4.79 Å². The fraction of sp³-hybridized carbons (Fsp3) is 0.533. The van der Waals surface area contributed by atoms with Gasteiger partial charge in [0.15, 0.2) is 0 Å². The van der Waals surface area contributed by atoms with Crippen molar-refractivity contribution in [2.24, 2.45) is 0 Å². The molecule has 0 bridgehead atoms. The summed E-state index contributed by atoms with van der Waals surface area (Å²) in [5.74, 6) is 0.110. The summed E-state index contributed by atoms with van der Waals surface area (Å²) in [6.07, 6.45) is 1.35. The zero-order valence-corrected chi connectivity index (χ0v) is 12.0. The van der Waals surface area contributed by atoms with E-state index in [0.29, 0.717) is 11.8 Å². The number of nitrogens with one attached hydrogen (secondary N) is 2. The Balaban J connectivity index is 1.63. The second-order valence-corrected chi connectivity index (χ2v) is 5.33. The van der Waals surface area contributed by atoms with Gasteiger partial charge in [0, 0.05) is 12.6 Å². The molecule has 1 saturated carbocycles. The number of aliphatic hydroxyl groups excluding tert-OH is 1. The highest BCUT2D eigenvalue weighted by Crippen LogP contribution is 2.18. The number of ether oxygens (including phenoxy) is 1. The van der Waals surface area contributed by atoms with Gasteiger partial charge in [0.1, 0.15) is 24.3 Å². The molecule has 0 aromatic heterocycles. The zero-order chi connectivity index (χ0) is 15.2. The van der Waals surface area contributed by atoms with Crippen LogP contribution in [0.15, 0.2) is 24.3 Å². The summed E-state index contributed by atoms with van der Waals surface area (Å²) in [7, 11) is 0. The number of carbonyl (C=O) groups is 1. The second-order valence-electron chi connectivity index (χ2n) is 5.33. The summed E-state index contributed by atoms with van der Waals surface area (Å²) >= 11 is 0. The van der Waals surface area contributed by atoms with Crippen molar-refractivity contribution in [1.82, 2.24) is 10.6 Å². The largest absolute Gasteiger partial charge is 0.491 e. The first-order chi connectivity index (χ1) is 10.0. The highest BCUT2D eigenvalue weighted by atomic mass is 19.1. The van der Waals surface area contributed by atoms with Gasteiger partial charge in [0.2, 0.25) is 5.91 Å². The lowest BCUT2D eigenvalue weighted by atomic mass is 10.2. The van der Waals surface area contributed by atoms with E-state index in [1.807, 2.05) is 0 Å². The van der Waals surface area contributed by atoms with Crippen LogP contribution in [0.3, 0.4) is 0 Å². The molecule has 5 nitrogen and oxygen atoms in total. The van der Waals surface area contributed by atoms with Crippen LogP contribution in [0.1, 0.15) is 19.8 Å². The number of rotatable bonds is 8. The number of hydrogen-bond acceptors (Lipinski definition) is 4. The van der Waals surface area contributed by atoms with Crippen LogP contribution in [0.5, 0.6) is 5.75 Å². The van der Waals surface area contributed by atoms with Crippen molar-refractivity contribution >= 4 is 5.91 Å². The van der Waals surface area contributed by atoms with E-state index in [1.165, 1.54) is 24.3 Å². The summed E-state index contributed by atoms with van der Waals surface area (Å²) in [5.41, 5.74) is 0. The quantitative estimate of drug-likeness (QED) is 0.664. The Kier molecular flexibility index (Phi) is 5.52. The first-order valence-electron chi connectivity index (χ1n) is 7.15. The number of amides is 1. The van der Waals surface area contributed by atoms with Crippen LogP contribution in [0.25, 0.3) is 0 Å². The van der Waals surface area contributed by atoms with Crippen molar-refractivity contribution in [1.29, 1.82) is 0 Å². The number of hydrogen-bond donors (Lipinski definition) is 3. The molecule has 0 aliphatic heterocycles. The van der Waals surface area contributed by atoms with Crippen molar-refractivity contribution in [3.8, 4) is 5.75 Å². The van der Waals surface area contributed by atoms with E-state index in [0.717, 1.165) is 12.8 Å². The van der Waals surface area contributed by atoms with E-state index in [2.05, 4.69) is 10.6 Å². The minimum Gasteiger partial charge on any atom is -0.491 e. The van der Waals surface area contributed by atoms with Crippen LogP contribution in [0.4, 0.5) is 4.39 Å². The van der Waals surface area contributed by atoms with Gasteiger partial charge in [-0.15, -0.1) is 0 Å². The molecule has 116 valence electrons. The van der Waals surface area contributed by atoms with Crippen LogP contribution in [0.2, 0.25) is 0 Å². The molecule has 0 heterocycles. The molecular formula is C15H21FN2O3. The Morgan fingerprint density at radius 2 is 2.10 bits per heavy atom. The van der Waals surface area contributed by atoms with E-state index < -0.39 is 6.10 Å². The van der Waals surface area contributed by atoms with E-state index in [1.54, 1.807) is 6.92 Å². The number of halogens is 1. The number of benzene rings is 1. The minimum atomic E-state index is -0.744. The van der Waals surface area contributed by atoms with Crippen molar-refractivity contribution in [2.75, 3.05) is 13.2 Å². The van der Waals surface area contributed by atoms with E-state index >= 15 is 0 Å². The topological polar surface area (TPSA) is 70.6 Å². The highest BCUT2D eigenvalue weighted by molar-refractivity contribution is 5.81. The standard InChI is InChI=1S/C15H21FN2O3/c1-10(15(20)18-12-4-5-12)17-8-13(19)9-21-14-6-2-11(16)3-7-14/h2-3,6-7,10,12-13,17,19H,4-5,8-9H2,1H3,(H,18,20). The van der Waals surface area contributed by atoms with Crippen molar-refractivity contribution < 1.29 is 19.0 Å². The average Bonchev–Trinajstić information content (AvgIpc) is 3.28. The van der Waals surface area contributed by atoms with Gasteiger partial charge in [0.05, 0.1) is 6.04 Å². The molecule has 0 radical (unpaired) electrons. The smallest absolute Gasteiger partial charge is 0.237 e. The SMILES string of the molecule is CC(NCC(O)COc1ccc(F)cc1)C(=O)NC1CC1. The summed E-state index contributed by atoms with van der Waals surface area (Å²) in [6, 6.07) is 5.57. The van der Waals surface area contributed by atoms with Crippen LogP contribution in [0, 0.1) is 5.82 Å². The zero-order valence-electron chi connectivity index (χ0n) is 12.0. The first-order valence-corrected chi connectivity index (χ1v) is 7.15. The second kappa shape index (κ2) is 7.38. The molecule has 2 rings (SSSR count). The van der Waals surface area contributed by atoms with Crippen molar-refractivity contribution in [3.63, 3.8) is 0 Å². The molecule has 2 unspecified atom stereocenters. The Labute approximate surface area is 123 Å². The van der Waals surface area contributed by atoms with E-state index in [-0.39, 0.29) is 30.9 Å². The van der Waals surface area contributed by atoms with Gasteiger partial charge in [-0.1, -0.05) is 0 Å². The minimum absolute atomic E-state index is 0.0517. The van der Waals surface area contributed by atoms with Gasteiger partial charge in [0.25, 0.3) is 0 Å². The van der Waals surface area contributed by atoms with E-state index in [9.17, 15) is 14.3 Å². The highest BCUT2D eigenvalue weighted by Gasteiger charge is 2.25. The maximum absolute atomic E-state index is 12.7. The fourth-order valence-electron chi connectivity index (χ4n) is 1.74. The normalized spacial score (nSPS) is 17.1. The lowest BCUT2D eigenvalue weighted by Gasteiger charge is -2.17. The summed E-state index contributed by atoms with van der Waals surface area (Å²) in [4.78, 5) is 11.7. The van der Waals surface area contributed by atoms with Crippen LogP contribution in [-0.4, -0.2) is 42.4 Å². The summed E-state index contributed by atoms with van der Waals surface area (Å²) < 4.78 is 18.0. The third kappa shape index (κ3) is 5.69. The molecule has 1 aromatic rings. The molecule has 1 aliphatic carbocycles. The molecule has 1 aliphatic rings. The van der Waals surface area contributed by atoms with E-state index in [4.69, 9.17) is 4.74 Å². The van der Waals surface area contributed by atoms with Gasteiger partial charge < -0.3 is 20.5 Å². The summed E-state index contributed by atoms with van der Waals surface area (Å²) in [6.45, 7) is 2.08. The molecule has 2 atom stereocenters. The fourth-order valence-corrected chi connectivity index (χ4v) is 1.74. The van der Waals surface area contributed by atoms with Gasteiger partial charge in [-0.25, -0.2) is 4.39 Å². The van der Waals surface area contributed by atoms with Crippen LogP contribution in [-0.2, 0) is 4.79 Å². The molecule has 3 N–H and O–H groups in total. The molecule has 0 saturated heterocycles. The van der Waals surface area contributed by atoms with Crippen molar-refractivity contribution in [2.45, 2.75) is 38.0 Å². The maximum Gasteiger partial charge on any atom is 0.237 e. The third-order valence-electron chi connectivity index (χ3n) is 3.23. The molecule has 6 heteroatoms. The molecule has 1 fully saturated rings.